The fraction of sp³-hybridized carbons (Fsp3) is 0.259. The van der Waals surface area contributed by atoms with Crippen molar-refractivity contribution < 1.29 is 18.4 Å². The number of aryl methyl sites for hydroxylation is 1. The van der Waals surface area contributed by atoms with Crippen LogP contribution in [-0.4, -0.2) is 31.2 Å². The average Bonchev–Trinajstić information content (AvgIpc) is 3.33. The van der Waals surface area contributed by atoms with E-state index in [1.807, 2.05) is 26.8 Å². The molecule has 11 nitrogen and oxygen atoms in total. The van der Waals surface area contributed by atoms with Gasteiger partial charge in [-0.25, -0.2) is 19.7 Å². The highest BCUT2D eigenvalue weighted by atomic mass is 35.5. The summed E-state index contributed by atoms with van der Waals surface area (Å²) in [6.07, 6.45) is 2.41. The van der Waals surface area contributed by atoms with Crippen LogP contribution in [-0.2, 0) is 0 Å². The zero-order valence-corrected chi connectivity index (χ0v) is 22.5. The Balaban J connectivity index is 1.60. The molecule has 0 radical (unpaired) electrons. The van der Waals surface area contributed by atoms with Gasteiger partial charge in [-0.3, -0.25) is 14.3 Å². The summed E-state index contributed by atoms with van der Waals surface area (Å²) >= 11 is 6.08. The van der Waals surface area contributed by atoms with Crippen molar-refractivity contribution in [3.05, 3.63) is 79.3 Å². The summed E-state index contributed by atoms with van der Waals surface area (Å²) in [5, 5.41) is 4.28. The summed E-state index contributed by atoms with van der Waals surface area (Å²) < 4.78 is 22.7. The Kier molecular flexibility index (Phi) is 6.92. The van der Waals surface area contributed by atoms with Crippen LogP contribution in [0.2, 0.25) is 5.15 Å². The quantitative estimate of drug-likeness (QED) is 0.269. The smallest absolute Gasteiger partial charge is 0.439 e. The molecule has 0 aliphatic heterocycles. The standard InChI is InChI=1S/C27H24ClN5O6/c1-12(2)36-26-29-10-16(11-30-26)23-14(4)22(34)18-9-13(3)8-17(24(18)38-23)15(5)37-19-6-7-20(28)31-21(19)25-32-27(35)39-33-25/h6-12,15H,1-5H3,(H,32,33,35)/t15-/m1/s1. The van der Waals surface area contributed by atoms with Gasteiger partial charge >= 0.3 is 11.8 Å². The van der Waals surface area contributed by atoms with E-state index >= 15 is 0 Å². The minimum Gasteiger partial charge on any atom is -0.483 e. The summed E-state index contributed by atoms with van der Waals surface area (Å²) in [5.41, 5.74) is 2.80. The predicted octanol–water partition coefficient (Wildman–Crippen LogP) is 5.19. The van der Waals surface area contributed by atoms with Crippen LogP contribution in [0.3, 0.4) is 0 Å². The fourth-order valence-electron chi connectivity index (χ4n) is 4.12. The van der Waals surface area contributed by atoms with Crippen LogP contribution in [0.15, 0.2) is 55.2 Å². The van der Waals surface area contributed by atoms with Crippen molar-refractivity contribution in [1.29, 1.82) is 0 Å². The van der Waals surface area contributed by atoms with E-state index in [2.05, 4.69) is 29.6 Å². The van der Waals surface area contributed by atoms with Gasteiger partial charge in [0.1, 0.15) is 28.3 Å². The zero-order valence-electron chi connectivity index (χ0n) is 21.7. The maximum Gasteiger partial charge on any atom is 0.439 e. The maximum atomic E-state index is 13.5. The molecule has 5 rings (SSSR count). The van der Waals surface area contributed by atoms with Gasteiger partial charge in [0.15, 0.2) is 11.1 Å². The fourth-order valence-corrected chi connectivity index (χ4v) is 4.27. The van der Waals surface area contributed by atoms with Gasteiger partial charge in [-0.05, 0) is 64.4 Å². The van der Waals surface area contributed by atoms with Gasteiger partial charge in [0.2, 0.25) is 5.82 Å². The molecule has 1 N–H and O–H groups in total. The monoisotopic (exact) mass is 549 g/mol. The molecule has 0 spiro atoms. The van der Waals surface area contributed by atoms with E-state index in [0.29, 0.717) is 33.4 Å². The number of benzene rings is 1. The maximum absolute atomic E-state index is 13.5. The van der Waals surface area contributed by atoms with Crippen molar-refractivity contribution in [2.24, 2.45) is 0 Å². The van der Waals surface area contributed by atoms with Crippen molar-refractivity contribution in [3.63, 3.8) is 0 Å². The molecular formula is C27H24ClN5O6. The second kappa shape index (κ2) is 10.3. The van der Waals surface area contributed by atoms with E-state index in [9.17, 15) is 9.59 Å². The molecule has 1 atom stereocenters. The number of nitrogens with zero attached hydrogens (tertiary/aromatic N) is 4. The second-order valence-corrected chi connectivity index (χ2v) is 9.61. The van der Waals surface area contributed by atoms with Crippen LogP contribution < -0.4 is 20.7 Å². The van der Waals surface area contributed by atoms with Gasteiger partial charge in [-0.2, -0.15) is 0 Å². The highest BCUT2D eigenvalue weighted by molar-refractivity contribution is 6.29. The molecule has 0 amide bonds. The number of rotatable bonds is 7. The van der Waals surface area contributed by atoms with Crippen LogP contribution in [0.5, 0.6) is 11.8 Å². The number of nitrogens with one attached hydrogen (secondary N) is 1. The topological polar surface area (TPSA) is 146 Å². The van der Waals surface area contributed by atoms with Crippen molar-refractivity contribution in [2.45, 2.75) is 46.8 Å². The number of aromatic amines is 1. The molecule has 0 saturated heterocycles. The molecule has 0 fully saturated rings. The minimum absolute atomic E-state index is 0.0631. The summed E-state index contributed by atoms with van der Waals surface area (Å²) in [5.74, 6) is -0.0501. The summed E-state index contributed by atoms with van der Waals surface area (Å²) in [7, 11) is 0. The highest BCUT2D eigenvalue weighted by Crippen LogP contribution is 2.35. The lowest BCUT2D eigenvalue weighted by Crippen LogP contribution is -2.12. The molecule has 4 aromatic heterocycles. The van der Waals surface area contributed by atoms with Gasteiger partial charge in [0.25, 0.3) is 0 Å². The van der Waals surface area contributed by atoms with E-state index in [1.165, 1.54) is 0 Å². The Morgan fingerprint density at radius 2 is 1.77 bits per heavy atom. The molecule has 200 valence electrons. The number of hydrogen-bond acceptors (Lipinski definition) is 10. The first-order chi connectivity index (χ1) is 18.6. The Bertz CT molecular complexity index is 1790. The number of H-pyrrole nitrogens is 1. The van der Waals surface area contributed by atoms with Crippen LogP contribution in [0.25, 0.3) is 33.8 Å². The number of aromatic nitrogens is 5. The van der Waals surface area contributed by atoms with Gasteiger partial charge in [-0.1, -0.05) is 16.8 Å². The Morgan fingerprint density at radius 3 is 2.44 bits per heavy atom. The van der Waals surface area contributed by atoms with Gasteiger partial charge in [0, 0.05) is 23.5 Å². The molecule has 1 aromatic carbocycles. The SMILES string of the molecule is Cc1cc([C@@H](C)Oc2ccc(Cl)nc2-c2noc(=O)[nH]2)c2oc(-c3cnc(OC(C)C)nc3)c(C)c(=O)c2c1. The molecular weight excluding hydrogens is 526 g/mol. The number of halogens is 1. The lowest BCUT2D eigenvalue weighted by Gasteiger charge is -2.19. The molecule has 0 unspecified atom stereocenters. The van der Waals surface area contributed by atoms with Gasteiger partial charge in [0.05, 0.1) is 17.1 Å². The van der Waals surface area contributed by atoms with Crippen molar-refractivity contribution in [1.82, 2.24) is 25.1 Å². The summed E-state index contributed by atoms with van der Waals surface area (Å²) in [6, 6.07) is 7.05. The van der Waals surface area contributed by atoms with E-state index < -0.39 is 11.9 Å². The lowest BCUT2D eigenvalue weighted by atomic mass is 10.0. The first kappa shape index (κ1) is 26.1. The number of fused-ring (bicyclic) bond motifs is 1. The molecule has 4 heterocycles. The Hall–Kier alpha value is -4.51. The molecule has 0 bridgehead atoms. The molecule has 0 aliphatic rings. The van der Waals surface area contributed by atoms with Crippen LogP contribution >= 0.6 is 11.6 Å². The van der Waals surface area contributed by atoms with Crippen LogP contribution in [0.1, 0.15) is 43.6 Å². The molecule has 0 aliphatic carbocycles. The predicted molar refractivity (Wildman–Crippen MR) is 143 cm³/mol. The largest absolute Gasteiger partial charge is 0.483 e. The van der Waals surface area contributed by atoms with Crippen molar-refractivity contribution >= 4 is 22.6 Å². The van der Waals surface area contributed by atoms with E-state index in [0.717, 1.165) is 5.56 Å². The second-order valence-electron chi connectivity index (χ2n) is 9.22. The van der Waals surface area contributed by atoms with Crippen LogP contribution in [0, 0.1) is 13.8 Å². The number of ether oxygens (including phenoxy) is 2. The van der Waals surface area contributed by atoms with Crippen molar-refractivity contribution in [3.8, 4) is 34.6 Å². The van der Waals surface area contributed by atoms with E-state index in [4.69, 9.17) is 25.5 Å². The molecule has 0 saturated carbocycles. The third kappa shape index (κ3) is 5.26. The van der Waals surface area contributed by atoms with E-state index in [1.54, 1.807) is 44.4 Å². The third-order valence-electron chi connectivity index (χ3n) is 5.85. The molecule has 5 aromatic rings. The highest BCUT2D eigenvalue weighted by Gasteiger charge is 2.22. The molecule has 39 heavy (non-hydrogen) atoms. The molecule has 12 heteroatoms. The number of hydrogen-bond donors (Lipinski definition) is 1. The van der Waals surface area contributed by atoms with Crippen molar-refractivity contribution in [2.75, 3.05) is 0 Å². The number of pyridine rings is 1. The van der Waals surface area contributed by atoms with Crippen LogP contribution in [0.4, 0.5) is 0 Å². The Morgan fingerprint density at radius 1 is 1.03 bits per heavy atom. The summed E-state index contributed by atoms with van der Waals surface area (Å²) in [4.78, 5) is 40.1. The normalized spacial score (nSPS) is 12.2. The van der Waals surface area contributed by atoms with Gasteiger partial charge in [-0.15, -0.1) is 0 Å². The van der Waals surface area contributed by atoms with Gasteiger partial charge < -0.3 is 13.9 Å². The lowest BCUT2D eigenvalue weighted by molar-refractivity contribution is 0.222. The minimum atomic E-state index is -0.743. The first-order valence-corrected chi connectivity index (χ1v) is 12.4. The zero-order chi connectivity index (χ0) is 27.8. The first-order valence-electron chi connectivity index (χ1n) is 12.1. The summed E-state index contributed by atoms with van der Waals surface area (Å²) in [6.45, 7) is 9.15. The average molecular weight is 550 g/mol. The Labute approximate surface area is 226 Å². The van der Waals surface area contributed by atoms with E-state index in [-0.39, 0.29) is 40.0 Å². The third-order valence-corrected chi connectivity index (χ3v) is 6.06.